The highest BCUT2D eigenvalue weighted by atomic mass is 79.9. The summed E-state index contributed by atoms with van der Waals surface area (Å²) in [5.74, 6) is -0.0715. The van der Waals surface area contributed by atoms with Crippen LogP contribution in [0.4, 0.5) is 14.5 Å². The number of rotatable bonds is 2. The molecule has 1 rings (SSSR count). The number of halogens is 4. The molecule has 0 aromatic carbocycles. The third-order valence-corrected chi connectivity index (χ3v) is 2.45. The van der Waals surface area contributed by atoms with E-state index in [1.807, 2.05) is 0 Å². The summed E-state index contributed by atoms with van der Waals surface area (Å²) in [4.78, 5) is 3.55. The smallest absolute Gasteiger partial charge is 0.280 e. The Kier molecular flexibility index (Phi) is 3.44. The quantitative estimate of drug-likeness (QED) is 0.840. The van der Waals surface area contributed by atoms with Gasteiger partial charge < -0.3 is 5.73 Å². The topological polar surface area (TPSA) is 38.9 Å². The van der Waals surface area contributed by atoms with Crippen LogP contribution in [-0.2, 0) is 5.88 Å². The molecule has 0 radical (unpaired) electrons. The van der Waals surface area contributed by atoms with E-state index in [2.05, 4.69) is 20.9 Å². The maximum Gasteiger partial charge on any atom is 0.280 e. The van der Waals surface area contributed by atoms with Crippen LogP contribution >= 0.6 is 27.5 Å². The molecular formula is C7H6BrClF2N2. The first-order valence-corrected chi connectivity index (χ1v) is 4.67. The van der Waals surface area contributed by atoms with Gasteiger partial charge in [-0.1, -0.05) is 0 Å². The zero-order valence-corrected chi connectivity index (χ0v) is 8.74. The molecule has 2 N–H and O–H groups in total. The standard InChI is InChI=1S/C7H6BrClF2N2/c8-4-2-13-6(7(10)11)3(1-9)5(4)12/h2,7H,1H2,(H2,12,13). The molecule has 0 spiro atoms. The summed E-state index contributed by atoms with van der Waals surface area (Å²) in [5.41, 5.74) is 5.58. The number of pyridine rings is 1. The summed E-state index contributed by atoms with van der Waals surface area (Å²) < 4.78 is 25.1. The van der Waals surface area contributed by atoms with Crippen LogP contribution in [-0.4, -0.2) is 4.98 Å². The zero-order valence-electron chi connectivity index (χ0n) is 6.40. The van der Waals surface area contributed by atoms with E-state index in [0.717, 1.165) is 0 Å². The number of anilines is 1. The third kappa shape index (κ3) is 2.08. The molecule has 0 aliphatic heterocycles. The normalized spacial score (nSPS) is 10.8. The number of aromatic nitrogens is 1. The van der Waals surface area contributed by atoms with Crippen molar-refractivity contribution in [1.82, 2.24) is 4.98 Å². The molecule has 13 heavy (non-hydrogen) atoms. The molecule has 0 amide bonds. The lowest BCUT2D eigenvalue weighted by Crippen LogP contribution is -2.02. The molecule has 0 fully saturated rings. The summed E-state index contributed by atoms with van der Waals surface area (Å²) in [6.07, 6.45) is -1.41. The van der Waals surface area contributed by atoms with Crippen LogP contribution in [0.3, 0.4) is 0 Å². The molecule has 0 saturated heterocycles. The van der Waals surface area contributed by atoms with Crippen LogP contribution in [0.1, 0.15) is 17.7 Å². The number of nitrogens with zero attached hydrogens (tertiary/aromatic N) is 1. The van der Waals surface area contributed by atoms with Gasteiger partial charge in [0.05, 0.1) is 16.0 Å². The maximum absolute atomic E-state index is 12.3. The maximum atomic E-state index is 12.3. The Hall–Kier alpha value is -0.420. The monoisotopic (exact) mass is 270 g/mol. The fourth-order valence-corrected chi connectivity index (χ4v) is 1.51. The number of alkyl halides is 3. The van der Waals surface area contributed by atoms with Crippen LogP contribution in [0, 0.1) is 0 Å². The third-order valence-electron chi connectivity index (χ3n) is 1.55. The Morgan fingerprint density at radius 2 is 2.23 bits per heavy atom. The number of nitrogens with two attached hydrogens (primary N) is 1. The second-order valence-electron chi connectivity index (χ2n) is 2.32. The van der Waals surface area contributed by atoms with Crippen molar-refractivity contribution in [2.45, 2.75) is 12.3 Å². The lowest BCUT2D eigenvalue weighted by Gasteiger charge is -2.09. The van der Waals surface area contributed by atoms with E-state index < -0.39 is 6.43 Å². The highest BCUT2D eigenvalue weighted by molar-refractivity contribution is 9.10. The highest BCUT2D eigenvalue weighted by Gasteiger charge is 2.17. The van der Waals surface area contributed by atoms with Gasteiger partial charge in [0.2, 0.25) is 0 Å². The molecule has 0 aliphatic rings. The summed E-state index contributed by atoms with van der Waals surface area (Å²) >= 11 is 8.56. The predicted molar refractivity (Wildman–Crippen MR) is 50.9 cm³/mol. The van der Waals surface area contributed by atoms with Crippen LogP contribution in [0.2, 0.25) is 0 Å². The first kappa shape index (κ1) is 10.7. The largest absolute Gasteiger partial charge is 0.397 e. The molecule has 1 aromatic rings. The van der Waals surface area contributed by atoms with E-state index in [-0.39, 0.29) is 22.8 Å². The van der Waals surface area contributed by atoms with Gasteiger partial charge in [0.1, 0.15) is 5.69 Å². The van der Waals surface area contributed by atoms with Crippen molar-refractivity contribution in [1.29, 1.82) is 0 Å². The Bertz CT molecular complexity index is 320. The molecule has 0 bridgehead atoms. The minimum Gasteiger partial charge on any atom is -0.397 e. The lowest BCUT2D eigenvalue weighted by molar-refractivity contribution is 0.145. The van der Waals surface area contributed by atoms with E-state index in [1.165, 1.54) is 6.20 Å². The molecule has 1 heterocycles. The van der Waals surface area contributed by atoms with Gasteiger partial charge in [-0.2, -0.15) is 0 Å². The molecule has 2 nitrogen and oxygen atoms in total. The van der Waals surface area contributed by atoms with Gasteiger partial charge in [0.25, 0.3) is 6.43 Å². The van der Waals surface area contributed by atoms with Crippen LogP contribution < -0.4 is 5.73 Å². The first-order chi connectivity index (χ1) is 6.07. The van der Waals surface area contributed by atoms with E-state index in [1.54, 1.807) is 0 Å². The van der Waals surface area contributed by atoms with Crippen molar-refractivity contribution in [3.63, 3.8) is 0 Å². The van der Waals surface area contributed by atoms with Crippen molar-refractivity contribution in [3.05, 3.63) is 21.9 Å². The molecule has 6 heteroatoms. The Morgan fingerprint density at radius 1 is 1.62 bits per heavy atom. The van der Waals surface area contributed by atoms with Gasteiger partial charge in [-0.3, -0.25) is 4.98 Å². The van der Waals surface area contributed by atoms with E-state index in [0.29, 0.717) is 4.47 Å². The predicted octanol–water partition coefficient (Wildman–Crippen LogP) is 3.10. The second-order valence-corrected chi connectivity index (χ2v) is 3.44. The molecule has 1 aromatic heterocycles. The number of nitrogen functional groups attached to an aromatic ring is 1. The van der Waals surface area contributed by atoms with Crippen LogP contribution in [0.15, 0.2) is 10.7 Å². The van der Waals surface area contributed by atoms with Crippen molar-refractivity contribution in [3.8, 4) is 0 Å². The van der Waals surface area contributed by atoms with Gasteiger partial charge in [0.15, 0.2) is 0 Å². The average Bonchev–Trinajstić information content (AvgIpc) is 2.09. The van der Waals surface area contributed by atoms with Gasteiger partial charge in [-0.05, 0) is 15.9 Å². The lowest BCUT2D eigenvalue weighted by atomic mass is 10.2. The van der Waals surface area contributed by atoms with E-state index in [4.69, 9.17) is 17.3 Å². The van der Waals surface area contributed by atoms with Crippen LogP contribution in [0.25, 0.3) is 0 Å². The van der Waals surface area contributed by atoms with Crippen molar-refractivity contribution >= 4 is 33.2 Å². The Balaban J connectivity index is 3.30. The van der Waals surface area contributed by atoms with E-state index >= 15 is 0 Å². The summed E-state index contributed by atoms with van der Waals surface area (Å²) in [5, 5.41) is 0. The van der Waals surface area contributed by atoms with Crippen molar-refractivity contribution in [2.75, 3.05) is 5.73 Å². The highest BCUT2D eigenvalue weighted by Crippen LogP contribution is 2.30. The zero-order chi connectivity index (χ0) is 10.0. The minimum atomic E-state index is -2.65. The van der Waals surface area contributed by atoms with Gasteiger partial charge in [-0.15, -0.1) is 11.6 Å². The fraction of sp³-hybridized carbons (Fsp3) is 0.286. The molecular weight excluding hydrogens is 265 g/mol. The fourth-order valence-electron chi connectivity index (χ4n) is 0.884. The van der Waals surface area contributed by atoms with Gasteiger partial charge >= 0.3 is 0 Å². The molecule has 0 saturated carbocycles. The SMILES string of the molecule is Nc1c(Br)cnc(C(F)F)c1CCl. The van der Waals surface area contributed by atoms with Crippen molar-refractivity contribution < 1.29 is 8.78 Å². The number of hydrogen-bond donors (Lipinski definition) is 1. The van der Waals surface area contributed by atoms with Crippen molar-refractivity contribution in [2.24, 2.45) is 0 Å². The molecule has 0 unspecified atom stereocenters. The van der Waals surface area contributed by atoms with Gasteiger partial charge in [0, 0.05) is 11.8 Å². The molecule has 72 valence electrons. The minimum absolute atomic E-state index is 0.0715. The summed E-state index contributed by atoms with van der Waals surface area (Å²) in [6.45, 7) is 0. The average molecular weight is 271 g/mol. The first-order valence-electron chi connectivity index (χ1n) is 3.34. The molecule has 0 atom stereocenters. The molecule has 0 aliphatic carbocycles. The van der Waals surface area contributed by atoms with E-state index in [9.17, 15) is 8.78 Å². The summed E-state index contributed by atoms with van der Waals surface area (Å²) in [7, 11) is 0. The Labute approximate surface area is 87.2 Å². The number of hydrogen-bond acceptors (Lipinski definition) is 2. The second kappa shape index (κ2) is 4.19. The summed E-state index contributed by atoms with van der Waals surface area (Å²) in [6, 6.07) is 0. The Morgan fingerprint density at radius 3 is 2.69 bits per heavy atom. The van der Waals surface area contributed by atoms with Crippen LogP contribution in [0.5, 0.6) is 0 Å². The van der Waals surface area contributed by atoms with Gasteiger partial charge in [-0.25, -0.2) is 8.78 Å².